The lowest BCUT2D eigenvalue weighted by molar-refractivity contribution is -0.138. The fourth-order valence-electron chi connectivity index (χ4n) is 7.46. The summed E-state index contributed by atoms with van der Waals surface area (Å²) in [5.74, 6) is -3.99. The third-order valence-corrected chi connectivity index (χ3v) is 11.1. The predicted octanol–water partition coefficient (Wildman–Crippen LogP) is 6.88. The lowest BCUT2D eigenvalue weighted by Gasteiger charge is -2.45. The molecule has 2 N–H and O–H groups in total. The molecule has 5 amide bonds. The third-order valence-electron chi connectivity index (χ3n) is 10.3. The fourth-order valence-corrected chi connectivity index (χ4v) is 7.78. The highest BCUT2D eigenvalue weighted by atomic mass is 35.5. The van der Waals surface area contributed by atoms with Gasteiger partial charge in [-0.3, -0.25) is 19.2 Å². The molecule has 1 aliphatic carbocycles. The molecular weight excluding hydrogens is 804 g/mol. The first-order valence-corrected chi connectivity index (χ1v) is 19.2. The Labute approximate surface area is 336 Å². The van der Waals surface area contributed by atoms with Crippen LogP contribution in [0.1, 0.15) is 81.3 Å². The first kappa shape index (κ1) is 43.7. The average molecular weight is 849 g/mol. The van der Waals surface area contributed by atoms with Gasteiger partial charge in [-0.2, -0.15) is 22.0 Å². The number of anilines is 1. The third kappa shape index (κ3) is 10.0. The molecule has 2 atom stereocenters. The minimum absolute atomic E-state index is 0.0162. The Hall–Kier alpha value is -4.38. The number of alkyl halides is 5. The lowest BCUT2D eigenvalue weighted by atomic mass is 9.93. The van der Waals surface area contributed by atoms with Crippen molar-refractivity contribution in [3.63, 3.8) is 0 Å². The smallest absolute Gasteiger partial charge is 0.417 e. The maximum absolute atomic E-state index is 14.7. The van der Waals surface area contributed by atoms with Crippen LogP contribution in [-0.2, 0) is 27.0 Å². The zero-order chi connectivity index (χ0) is 42.1. The molecule has 2 aromatic rings. The number of nitrogens with zero attached hydrogens (tertiary/aromatic N) is 4. The number of hydrogen-bond donors (Lipinski definition) is 2. The van der Waals surface area contributed by atoms with E-state index in [4.69, 9.17) is 27.9 Å². The number of carbonyl (C=O) groups is 5. The number of carbonyl (C=O) groups excluding carboxylic acids is 4. The number of hydrogen-bond acceptors (Lipinski definition) is 6. The Balaban J connectivity index is 1.38. The molecule has 2 heterocycles. The van der Waals surface area contributed by atoms with Crippen LogP contribution in [-0.4, -0.2) is 112 Å². The first-order chi connectivity index (χ1) is 26.6. The SMILES string of the molecule is CC(C)N(C(=O)c1cc2c(cc1C(F)(F)F)OC(C)(C)C(=O)N2CCNC(=O)C(F)F)[C@@H]1CC[C@H](CCN(C(=O)Cc2ccc(Cl)c(Cl)c2)C2CC2)N(C(=O)O)C1. The molecule has 12 nitrogen and oxygen atoms in total. The molecule has 0 radical (unpaired) electrons. The number of nitrogens with one attached hydrogen (secondary N) is 1. The van der Waals surface area contributed by atoms with E-state index in [2.05, 4.69) is 0 Å². The Morgan fingerprint density at radius 1 is 1.02 bits per heavy atom. The van der Waals surface area contributed by atoms with Crippen molar-refractivity contribution >= 4 is 58.6 Å². The predicted molar refractivity (Wildman–Crippen MR) is 200 cm³/mol. The van der Waals surface area contributed by atoms with Crippen LogP contribution in [0.4, 0.5) is 32.4 Å². The molecule has 1 saturated carbocycles. The number of halogens is 7. The van der Waals surface area contributed by atoms with Crippen LogP contribution >= 0.6 is 23.2 Å². The average Bonchev–Trinajstić information content (AvgIpc) is 3.96. The number of ether oxygens (including phenoxy) is 1. The van der Waals surface area contributed by atoms with Crippen molar-refractivity contribution in [1.29, 1.82) is 0 Å². The fraction of sp³-hybridized carbons (Fsp3) is 0.553. The summed E-state index contributed by atoms with van der Waals surface area (Å²) in [6, 6.07) is 4.30. The van der Waals surface area contributed by atoms with E-state index < -0.39 is 90.1 Å². The Morgan fingerprint density at radius 2 is 1.68 bits per heavy atom. The summed E-state index contributed by atoms with van der Waals surface area (Å²) >= 11 is 12.2. The quantitative estimate of drug-likeness (QED) is 0.210. The van der Waals surface area contributed by atoms with Crippen LogP contribution in [0.2, 0.25) is 10.0 Å². The summed E-state index contributed by atoms with van der Waals surface area (Å²) in [6.07, 6.45) is -7.25. The molecule has 0 aromatic heterocycles. The highest BCUT2D eigenvalue weighted by Gasteiger charge is 2.46. The number of amides is 5. The number of fused-ring (bicyclic) bond motifs is 1. The van der Waals surface area contributed by atoms with Crippen molar-refractivity contribution in [2.24, 2.45) is 0 Å². The van der Waals surface area contributed by atoms with E-state index in [1.54, 1.807) is 36.9 Å². The van der Waals surface area contributed by atoms with Gasteiger partial charge >= 0.3 is 18.7 Å². The van der Waals surface area contributed by atoms with E-state index in [1.165, 1.54) is 18.7 Å². The molecule has 3 aliphatic rings. The second-order valence-electron chi connectivity index (χ2n) is 15.2. The topological polar surface area (TPSA) is 140 Å². The molecule has 2 fully saturated rings. The van der Waals surface area contributed by atoms with E-state index >= 15 is 0 Å². The molecule has 0 unspecified atom stereocenters. The second kappa shape index (κ2) is 17.2. The first-order valence-electron chi connectivity index (χ1n) is 18.5. The second-order valence-corrected chi connectivity index (χ2v) is 16.0. The van der Waals surface area contributed by atoms with Crippen molar-refractivity contribution in [3.8, 4) is 5.75 Å². The van der Waals surface area contributed by atoms with Crippen LogP contribution in [0.15, 0.2) is 30.3 Å². The van der Waals surface area contributed by atoms with E-state index in [0.717, 1.165) is 28.7 Å². The van der Waals surface area contributed by atoms with Gasteiger partial charge in [0.1, 0.15) is 5.75 Å². The monoisotopic (exact) mass is 847 g/mol. The highest BCUT2D eigenvalue weighted by Crippen LogP contribution is 2.45. The van der Waals surface area contributed by atoms with Crippen LogP contribution in [0.5, 0.6) is 5.75 Å². The van der Waals surface area contributed by atoms with Gasteiger partial charge in [0, 0.05) is 44.3 Å². The number of piperidine rings is 1. The van der Waals surface area contributed by atoms with E-state index in [9.17, 15) is 51.0 Å². The maximum Gasteiger partial charge on any atom is 0.417 e. The van der Waals surface area contributed by atoms with Gasteiger partial charge in [0.05, 0.1) is 39.3 Å². The lowest BCUT2D eigenvalue weighted by Crippen LogP contribution is -2.57. The normalized spacial score (nSPS) is 19.3. The molecule has 19 heteroatoms. The van der Waals surface area contributed by atoms with Gasteiger partial charge < -0.3 is 34.8 Å². The molecule has 2 aromatic carbocycles. The zero-order valence-electron chi connectivity index (χ0n) is 31.7. The van der Waals surface area contributed by atoms with Crippen LogP contribution in [0.3, 0.4) is 0 Å². The summed E-state index contributed by atoms with van der Waals surface area (Å²) in [5.41, 5.74) is -3.45. The van der Waals surface area contributed by atoms with Crippen molar-refractivity contribution in [2.45, 2.75) is 109 Å². The largest absolute Gasteiger partial charge is 0.476 e. The van der Waals surface area contributed by atoms with Crippen LogP contribution in [0, 0.1) is 0 Å². The highest BCUT2D eigenvalue weighted by molar-refractivity contribution is 6.42. The molecule has 312 valence electrons. The molecule has 0 bridgehead atoms. The standard InChI is InChI=1S/C38H44Cl2F5N5O7/c1-20(2)50(24-9-8-23(49(19-24)36(55)56)11-13-47(22-6-7-22)31(51)16-21-5-10-27(39)28(40)15-21)34(53)25-17-29-30(18-26(25)38(43,44)45)57-37(3,4)35(54)48(29)14-12-46-33(52)32(41)42/h5,10,15,17-18,20,22-24,32H,6-9,11-14,16,19H2,1-4H3,(H,46,52)(H,55,56)/t23-,24-/m1/s1. The van der Waals surface area contributed by atoms with Crippen molar-refractivity contribution in [2.75, 3.05) is 31.1 Å². The van der Waals surface area contributed by atoms with E-state index in [1.807, 2.05) is 5.32 Å². The molecule has 57 heavy (non-hydrogen) atoms. The molecule has 2 aliphatic heterocycles. The van der Waals surface area contributed by atoms with Gasteiger partial charge in [-0.05, 0) is 89.6 Å². The Morgan fingerprint density at radius 3 is 2.26 bits per heavy atom. The van der Waals surface area contributed by atoms with Gasteiger partial charge in [0.25, 0.3) is 17.7 Å². The summed E-state index contributed by atoms with van der Waals surface area (Å²) < 4.78 is 75.4. The van der Waals surface area contributed by atoms with Crippen LogP contribution < -0.4 is 15.0 Å². The van der Waals surface area contributed by atoms with Crippen LogP contribution in [0.25, 0.3) is 0 Å². The molecule has 1 saturated heterocycles. The van der Waals surface area contributed by atoms with E-state index in [-0.39, 0.29) is 50.0 Å². The Kier molecular flexibility index (Phi) is 13.2. The number of carboxylic acid groups (broad SMARTS) is 1. The zero-order valence-corrected chi connectivity index (χ0v) is 33.2. The minimum atomic E-state index is -5.08. The summed E-state index contributed by atoms with van der Waals surface area (Å²) in [5, 5.41) is 12.9. The summed E-state index contributed by atoms with van der Waals surface area (Å²) in [4.78, 5) is 70.4. The van der Waals surface area contributed by atoms with Crippen molar-refractivity contribution in [1.82, 2.24) is 20.0 Å². The van der Waals surface area contributed by atoms with E-state index in [0.29, 0.717) is 28.1 Å². The Bertz CT molecular complexity index is 1890. The molecule has 5 rings (SSSR count). The maximum atomic E-state index is 14.7. The van der Waals surface area contributed by atoms with Gasteiger partial charge in [0.15, 0.2) is 5.60 Å². The molecule has 0 spiro atoms. The van der Waals surface area contributed by atoms with Gasteiger partial charge in [-0.15, -0.1) is 0 Å². The van der Waals surface area contributed by atoms with Crippen molar-refractivity contribution in [3.05, 3.63) is 57.1 Å². The van der Waals surface area contributed by atoms with Crippen molar-refractivity contribution < 1.29 is 55.8 Å². The number of rotatable bonds is 13. The van der Waals surface area contributed by atoms with Gasteiger partial charge in [-0.25, -0.2) is 4.79 Å². The minimum Gasteiger partial charge on any atom is -0.476 e. The van der Waals surface area contributed by atoms with Gasteiger partial charge in [-0.1, -0.05) is 29.3 Å². The summed E-state index contributed by atoms with van der Waals surface area (Å²) in [7, 11) is 0. The molecular formula is C38H44Cl2F5N5O7. The summed E-state index contributed by atoms with van der Waals surface area (Å²) in [6.45, 7) is 4.91. The number of likely N-dealkylation sites (tertiary alicyclic amines) is 1. The van der Waals surface area contributed by atoms with Gasteiger partial charge in [0.2, 0.25) is 5.91 Å². The number of benzene rings is 2.